The Morgan fingerprint density at radius 2 is 2.12 bits per heavy atom. The number of hydrogen-bond acceptors (Lipinski definition) is 3. The molecule has 0 aliphatic rings. The molecule has 3 N–H and O–H groups in total. The zero-order chi connectivity index (χ0) is 16.7. The minimum Gasteiger partial charge on any atom is -0.336 e. The molecule has 0 saturated heterocycles. The lowest BCUT2D eigenvalue weighted by atomic mass is 10.1. The van der Waals surface area contributed by atoms with Gasteiger partial charge in [-0.2, -0.15) is 5.10 Å². The van der Waals surface area contributed by atoms with Gasteiger partial charge in [-0.3, -0.25) is 9.89 Å². The highest BCUT2D eigenvalue weighted by Crippen LogP contribution is 2.31. The quantitative estimate of drug-likeness (QED) is 0.506. The van der Waals surface area contributed by atoms with Gasteiger partial charge >= 0.3 is 0 Å². The Balaban J connectivity index is 1.92. The van der Waals surface area contributed by atoms with Gasteiger partial charge in [0, 0.05) is 0 Å². The van der Waals surface area contributed by atoms with Crippen LogP contribution in [-0.4, -0.2) is 26.1 Å². The van der Waals surface area contributed by atoms with Gasteiger partial charge in [0.1, 0.15) is 11.5 Å². The Labute approximate surface area is 135 Å². The molecule has 6 nitrogen and oxygen atoms in total. The Bertz CT molecular complexity index is 1090. The molecule has 24 heavy (non-hydrogen) atoms. The SMILES string of the molecule is C=CC(=O)Nc1cccc2[nH]nc(-c3nc4ccc(F)cc4[nH]3)c12. The Hall–Kier alpha value is -3.48. The maximum atomic E-state index is 13.4. The minimum atomic E-state index is -0.344. The number of carbonyl (C=O) groups is 1. The number of rotatable bonds is 3. The number of halogens is 1. The topological polar surface area (TPSA) is 86.5 Å². The summed E-state index contributed by atoms with van der Waals surface area (Å²) >= 11 is 0. The molecular weight excluding hydrogens is 309 g/mol. The molecule has 0 saturated carbocycles. The van der Waals surface area contributed by atoms with Crippen molar-refractivity contribution in [2.75, 3.05) is 5.32 Å². The fraction of sp³-hybridized carbons (Fsp3) is 0. The second kappa shape index (κ2) is 5.31. The summed E-state index contributed by atoms with van der Waals surface area (Å²) in [7, 11) is 0. The zero-order valence-electron chi connectivity index (χ0n) is 12.4. The average molecular weight is 321 g/mol. The molecule has 4 aromatic rings. The van der Waals surface area contributed by atoms with Crippen LogP contribution < -0.4 is 5.32 Å². The summed E-state index contributed by atoms with van der Waals surface area (Å²) in [5.74, 6) is -0.174. The van der Waals surface area contributed by atoms with Crippen molar-refractivity contribution in [3.63, 3.8) is 0 Å². The van der Waals surface area contributed by atoms with Gasteiger partial charge in [-0.05, 0) is 36.4 Å². The van der Waals surface area contributed by atoms with Gasteiger partial charge < -0.3 is 10.3 Å². The Morgan fingerprint density at radius 3 is 2.96 bits per heavy atom. The smallest absolute Gasteiger partial charge is 0.247 e. The van der Waals surface area contributed by atoms with E-state index in [-0.39, 0.29) is 11.7 Å². The number of anilines is 1. The van der Waals surface area contributed by atoms with Gasteiger partial charge in [0.05, 0.1) is 27.6 Å². The number of H-pyrrole nitrogens is 2. The lowest BCUT2D eigenvalue weighted by Crippen LogP contribution is -2.07. The van der Waals surface area contributed by atoms with Gasteiger partial charge in [-0.25, -0.2) is 9.37 Å². The predicted molar refractivity (Wildman–Crippen MR) is 90.0 cm³/mol. The molecule has 0 fully saturated rings. The lowest BCUT2D eigenvalue weighted by Gasteiger charge is -2.04. The van der Waals surface area contributed by atoms with E-state index >= 15 is 0 Å². The first-order valence-corrected chi connectivity index (χ1v) is 7.22. The predicted octanol–water partition coefficient (Wildman–Crippen LogP) is 3.37. The first-order valence-electron chi connectivity index (χ1n) is 7.22. The molecule has 0 atom stereocenters. The average Bonchev–Trinajstić information content (AvgIpc) is 3.18. The summed E-state index contributed by atoms with van der Waals surface area (Å²) in [6, 6.07) is 9.74. The molecule has 1 amide bonds. The molecule has 0 unspecified atom stereocenters. The van der Waals surface area contributed by atoms with Crippen molar-refractivity contribution < 1.29 is 9.18 Å². The van der Waals surface area contributed by atoms with E-state index in [9.17, 15) is 9.18 Å². The van der Waals surface area contributed by atoms with Gasteiger partial charge in [-0.1, -0.05) is 12.6 Å². The number of amides is 1. The van der Waals surface area contributed by atoms with E-state index in [4.69, 9.17) is 0 Å². The summed E-state index contributed by atoms with van der Waals surface area (Å²) in [6.45, 7) is 3.45. The summed E-state index contributed by atoms with van der Waals surface area (Å²) < 4.78 is 13.4. The van der Waals surface area contributed by atoms with Crippen LogP contribution in [0.1, 0.15) is 0 Å². The summed E-state index contributed by atoms with van der Waals surface area (Å²) in [5, 5.41) is 10.7. The van der Waals surface area contributed by atoms with Crippen LogP contribution in [0.3, 0.4) is 0 Å². The van der Waals surface area contributed by atoms with Gasteiger partial charge in [0.2, 0.25) is 5.91 Å². The number of aromatic amines is 2. The Morgan fingerprint density at radius 1 is 1.25 bits per heavy atom. The molecule has 118 valence electrons. The van der Waals surface area contributed by atoms with Gasteiger partial charge in [0.15, 0.2) is 5.82 Å². The van der Waals surface area contributed by atoms with Crippen LogP contribution in [0.15, 0.2) is 49.1 Å². The third-order valence-corrected chi connectivity index (χ3v) is 3.70. The molecule has 7 heteroatoms. The van der Waals surface area contributed by atoms with Crippen LogP contribution in [0.4, 0.5) is 10.1 Å². The van der Waals surface area contributed by atoms with Gasteiger partial charge in [-0.15, -0.1) is 0 Å². The van der Waals surface area contributed by atoms with Gasteiger partial charge in [0.25, 0.3) is 0 Å². The fourth-order valence-electron chi connectivity index (χ4n) is 2.63. The number of carbonyl (C=O) groups excluding carboxylic acids is 1. The maximum absolute atomic E-state index is 13.4. The molecule has 0 spiro atoms. The summed E-state index contributed by atoms with van der Waals surface area (Å²) in [4.78, 5) is 19.2. The second-order valence-corrected chi connectivity index (χ2v) is 5.24. The van der Waals surface area contributed by atoms with Crippen molar-refractivity contribution in [2.24, 2.45) is 0 Å². The molecule has 4 rings (SSSR count). The van der Waals surface area contributed by atoms with E-state index in [1.54, 1.807) is 18.2 Å². The minimum absolute atomic E-state index is 0.318. The van der Waals surface area contributed by atoms with Crippen LogP contribution >= 0.6 is 0 Å². The second-order valence-electron chi connectivity index (χ2n) is 5.24. The standard InChI is InChI=1S/C17H12FN5O/c1-2-14(24)19-11-4-3-5-12-15(11)16(23-22-12)17-20-10-7-6-9(18)8-13(10)21-17/h2-8H,1H2,(H,19,24)(H,20,21)(H,22,23). The molecule has 2 heterocycles. The van der Waals surface area contributed by atoms with E-state index in [2.05, 4.69) is 32.1 Å². The van der Waals surface area contributed by atoms with Crippen molar-refractivity contribution in [3.8, 4) is 11.5 Å². The summed E-state index contributed by atoms with van der Waals surface area (Å²) in [5.41, 5.74) is 3.09. The van der Waals surface area contributed by atoms with Crippen LogP contribution in [0, 0.1) is 5.82 Å². The first-order chi connectivity index (χ1) is 11.7. The maximum Gasteiger partial charge on any atom is 0.247 e. The number of benzene rings is 2. The van der Waals surface area contributed by atoms with E-state index in [0.29, 0.717) is 33.6 Å². The number of nitrogens with one attached hydrogen (secondary N) is 3. The number of aromatic nitrogens is 4. The van der Waals surface area contributed by atoms with E-state index in [1.165, 1.54) is 18.2 Å². The highest BCUT2D eigenvalue weighted by molar-refractivity contribution is 6.09. The lowest BCUT2D eigenvalue weighted by molar-refractivity contribution is -0.111. The van der Waals surface area contributed by atoms with Crippen molar-refractivity contribution in [3.05, 3.63) is 54.9 Å². The van der Waals surface area contributed by atoms with Crippen molar-refractivity contribution in [2.45, 2.75) is 0 Å². The normalized spacial score (nSPS) is 11.0. The van der Waals surface area contributed by atoms with Crippen LogP contribution in [-0.2, 0) is 4.79 Å². The van der Waals surface area contributed by atoms with E-state index in [0.717, 1.165) is 5.52 Å². The Kier molecular flexibility index (Phi) is 3.13. The van der Waals surface area contributed by atoms with Crippen molar-refractivity contribution in [1.29, 1.82) is 0 Å². The first kappa shape index (κ1) is 14.1. The molecule has 0 aliphatic heterocycles. The fourth-order valence-corrected chi connectivity index (χ4v) is 2.63. The molecular formula is C17H12FN5O. The molecule has 0 bridgehead atoms. The molecule has 0 aliphatic carbocycles. The zero-order valence-corrected chi connectivity index (χ0v) is 12.4. The third kappa shape index (κ3) is 2.23. The molecule has 2 aromatic heterocycles. The monoisotopic (exact) mass is 321 g/mol. The summed E-state index contributed by atoms with van der Waals surface area (Å²) in [6.07, 6.45) is 1.20. The highest BCUT2D eigenvalue weighted by atomic mass is 19.1. The number of hydrogen-bond donors (Lipinski definition) is 3. The van der Waals surface area contributed by atoms with E-state index in [1.807, 2.05) is 6.07 Å². The van der Waals surface area contributed by atoms with Crippen LogP contribution in [0.5, 0.6) is 0 Å². The van der Waals surface area contributed by atoms with Crippen LogP contribution in [0.25, 0.3) is 33.5 Å². The highest BCUT2D eigenvalue weighted by Gasteiger charge is 2.16. The van der Waals surface area contributed by atoms with E-state index < -0.39 is 0 Å². The largest absolute Gasteiger partial charge is 0.336 e. The number of nitrogens with zero attached hydrogens (tertiary/aromatic N) is 2. The van der Waals surface area contributed by atoms with Crippen molar-refractivity contribution >= 4 is 33.5 Å². The van der Waals surface area contributed by atoms with Crippen LogP contribution in [0.2, 0.25) is 0 Å². The van der Waals surface area contributed by atoms with Crippen molar-refractivity contribution in [1.82, 2.24) is 20.2 Å². The molecule has 2 aromatic carbocycles. The number of imidazole rings is 1. The number of fused-ring (bicyclic) bond motifs is 2. The molecule has 0 radical (unpaired) electrons. The third-order valence-electron chi connectivity index (χ3n) is 3.70.